The van der Waals surface area contributed by atoms with Gasteiger partial charge in [-0.15, -0.1) is 11.8 Å². The first kappa shape index (κ1) is 16.8. The van der Waals surface area contributed by atoms with Gasteiger partial charge >= 0.3 is 5.97 Å². The van der Waals surface area contributed by atoms with Crippen molar-refractivity contribution < 1.29 is 23.9 Å². The molecule has 0 N–H and O–H groups in total. The fraction of sp³-hybridized carbons (Fsp3) is 0.750. The van der Waals surface area contributed by atoms with E-state index in [4.69, 9.17) is 4.74 Å². The Morgan fingerprint density at radius 1 is 1.25 bits per heavy atom. The summed E-state index contributed by atoms with van der Waals surface area (Å²) in [5.41, 5.74) is 0. The van der Waals surface area contributed by atoms with Crippen molar-refractivity contribution in [1.82, 2.24) is 9.80 Å². The average molecular weight is 304 g/mol. The predicted octanol–water partition coefficient (Wildman–Crippen LogP) is -0.790. The molecule has 20 heavy (non-hydrogen) atoms. The molecule has 0 aromatic heterocycles. The number of nitrogens with zero attached hydrogens (tertiary/aromatic N) is 2. The molecule has 0 unspecified atom stereocenters. The second kappa shape index (κ2) is 8.80. The molecule has 1 fully saturated rings. The van der Waals surface area contributed by atoms with Crippen molar-refractivity contribution in [3.05, 3.63) is 0 Å². The van der Waals surface area contributed by atoms with E-state index in [1.165, 1.54) is 30.8 Å². The fourth-order valence-corrected chi connectivity index (χ4v) is 2.44. The maximum Gasteiger partial charge on any atom is 0.325 e. The predicted molar refractivity (Wildman–Crippen MR) is 74.4 cm³/mol. The van der Waals surface area contributed by atoms with Crippen LogP contribution in [-0.4, -0.2) is 86.1 Å². The van der Waals surface area contributed by atoms with Crippen LogP contribution in [0.5, 0.6) is 0 Å². The first-order valence-corrected chi connectivity index (χ1v) is 7.44. The molecule has 7 nitrogen and oxygen atoms in total. The maximum absolute atomic E-state index is 11.8. The van der Waals surface area contributed by atoms with Gasteiger partial charge in [0.2, 0.25) is 11.8 Å². The van der Waals surface area contributed by atoms with E-state index in [1.54, 1.807) is 4.90 Å². The van der Waals surface area contributed by atoms with Crippen LogP contribution in [-0.2, 0) is 23.9 Å². The van der Waals surface area contributed by atoms with E-state index in [0.717, 1.165) is 0 Å². The zero-order chi connectivity index (χ0) is 15.0. The summed E-state index contributed by atoms with van der Waals surface area (Å²) in [4.78, 5) is 37.6. The van der Waals surface area contributed by atoms with Gasteiger partial charge in [0.15, 0.2) is 0 Å². The van der Waals surface area contributed by atoms with Gasteiger partial charge in [0.25, 0.3) is 0 Å². The number of methoxy groups -OCH3 is 1. The van der Waals surface area contributed by atoms with Crippen LogP contribution >= 0.6 is 11.8 Å². The molecule has 0 bridgehead atoms. The van der Waals surface area contributed by atoms with Gasteiger partial charge in [-0.25, -0.2) is 0 Å². The fourth-order valence-electron chi connectivity index (χ4n) is 1.59. The minimum atomic E-state index is -0.463. The van der Waals surface area contributed by atoms with Crippen molar-refractivity contribution >= 4 is 29.5 Å². The number of carbonyl (C=O) groups is 3. The molecule has 0 aromatic rings. The molecule has 1 rings (SSSR count). The molecule has 0 saturated carbocycles. The molecule has 1 aliphatic heterocycles. The molecule has 114 valence electrons. The van der Waals surface area contributed by atoms with Crippen molar-refractivity contribution in [3.8, 4) is 0 Å². The molecular formula is C12H20N2O5S. The van der Waals surface area contributed by atoms with E-state index in [9.17, 15) is 14.4 Å². The topological polar surface area (TPSA) is 76.2 Å². The van der Waals surface area contributed by atoms with Gasteiger partial charge in [-0.2, -0.15) is 0 Å². The van der Waals surface area contributed by atoms with E-state index < -0.39 is 5.97 Å². The number of likely N-dealkylation sites (N-methyl/N-ethyl adjacent to an activating group) is 1. The van der Waals surface area contributed by atoms with Crippen LogP contribution in [0.4, 0.5) is 0 Å². The summed E-state index contributed by atoms with van der Waals surface area (Å²) < 4.78 is 9.65. The highest BCUT2D eigenvalue weighted by Gasteiger charge is 2.18. The number of hydrogen-bond donors (Lipinski definition) is 0. The molecule has 8 heteroatoms. The third-order valence-electron chi connectivity index (χ3n) is 2.83. The Kier molecular flexibility index (Phi) is 7.38. The van der Waals surface area contributed by atoms with Crippen molar-refractivity contribution in [2.45, 2.75) is 0 Å². The van der Waals surface area contributed by atoms with Crippen LogP contribution in [0.2, 0.25) is 0 Å². The number of thioether (sulfide) groups is 1. The number of esters is 1. The first-order valence-electron chi connectivity index (χ1n) is 6.28. The Morgan fingerprint density at radius 2 is 1.90 bits per heavy atom. The quantitative estimate of drug-likeness (QED) is 0.599. The van der Waals surface area contributed by atoms with Crippen molar-refractivity contribution in [1.29, 1.82) is 0 Å². The zero-order valence-corrected chi connectivity index (χ0v) is 12.6. The summed E-state index contributed by atoms with van der Waals surface area (Å²) in [5, 5.41) is 0. The summed E-state index contributed by atoms with van der Waals surface area (Å²) in [7, 11) is 2.81. The lowest BCUT2D eigenvalue weighted by molar-refractivity contribution is -0.145. The van der Waals surface area contributed by atoms with Gasteiger partial charge in [-0.3, -0.25) is 14.4 Å². The smallest absolute Gasteiger partial charge is 0.325 e. The van der Waals surface area contributed by atoms with Gasteiger partial charge in [0.1, 0.15) is 6.54 Å². The number of rotatable bonds is 6. The lowest BCUT2D eigenvalue weighted by atomic mass is 10.4. The molecular weight excluding hydrogens is 284 g/mol. The molecule has 0 radical (unpaired) electrons. The van der Waals surface area contributed by atoms with Gasteiger partial charge < -0.3 is 19.3 Å². The zero-order valence-electron chi connectivity index (χ0n) is 11.8. The number of hydrogen-bond acceptors (Lipinski definition) is 6. The number of ether oxygens (including phenoxy) is 2. The molecule has 0 aliphatic carbocycles. The minimum absolute atomic E-state index is 0.0155. The number of amides is 2. The molecule has 2 amide bonds. The lowest BCUT2D eigenvalue weighted by Gasteiger charge is -2.26. The van der Waals surface area contributed by atoms with Crippen molar-refractivity contribution in [2.24, 2.45) is 0 Å². The van der Waals surface area contributed by atoms with Gasteiger partial charge in [-0.1, -0.05) is 0 Å². The number of morpholine rings is 1. The normalized spacial score (nSPS) is 14.8. The molecule has 0 aromatic carbocycles. The third-order valence-corrected chi connectivity index (χ3v) is 3.74. The van der Waals surface area contributed by atoms with Crippen LogP contribution in [0.25, 0.3) is 0 Å². The maximum atomic E-state index is 11.8. The van der Waals surface area contributed by atoms with Crippen LogP contribution in [0, 0.1) is 0 Å². The lowest BCUT2D eigenvalue weighted by Crippen LogP contribution is -2.41. The largest absolute Gasteiger partial charge is 0.468 e. The molecule has 1 saturated heterocycles. The van der Waals surface area contributed by atoms with Gasteiger partial charge in [-0.05, 0) is 0 Å². The van der Waals surface area contributed by atoms with Crippen LogP contribution in [0.3, 0.4) is 0 Å². The molecule has 0 atom stereocenters. The van der Waals surface area contributed by atoms with E-state index in [0.29, 0.717) is 26.3 Å². The summed E-state index contributed by atoms with van der Waals surface area (Å²) in [6.45, 7) is 2.27. The highest BCUT2D eigenvalue weighted by Crippen LogP contribution is 2.06. The van der Waals surface area contributed by atoms with Gasteiger partial charge in [0.05, 0.1) is 31.8 Å². The van der Waals surface area contributed by atoms with Crippen LogP contribution in [0.15, 0.2) is 0 Å². The summed E-state index contributed by atoms with van der Waals surface area (Å²) in [5.74, 6) is -0.214. The molecule has 1 heterocycles. The average Bonchev–Trinajstić information content (AvgIpc) is 2.47. The first-order chi connectivity index (χ1) is 9.54. The summed E-state index contributed by atoms with van der Waals surface area (Å²) in [6.07, 6.45) is 0. The second-order valence-electron chi connectivity index (χ2n) is 4.31. The van der Waals surface area contributed by atoms with E-state index in [1.807, 2.05) is 0 Å². The molecule has 0 spiro atoms. The summed E-state index contributed by atoms with van der Waals surface area (Å²) in [6, 6.07) is 0. The Morgan fingerprint density at radius 3 is 2.50 bits per heavy atom. The highest BCUT2D eigenvalue weighted by molar-refractivity contribution is 8.00. The Balaban J connectivity index is 2.20. The van der Waals surface area contributed by atoms with Crippen molar-refractivity contribution in [3.63, 3.8) is 0 Å². The minimum Gasteiger partial charge on any atom is -0.468 e. The number of carbonyl (C=O) groups excluding carboxylic acids is 3. The second-order valence-corrected chi connectivity index (χ2v) is 5.30. The molecule has 1 aliphatic rings. The van der Waals surface area contributed by atoms with E-state index >= 15 is 0 Å². The SMILES string of the molecule is COC(=O)CN(C)C(=O)CSCC(=O)N1CCOCC1. The Bertz CT molecular complexity index is 358. The Labute approximate surface area is 122 Å². The summed E-state index contributed by atoms with van der Waals surface area (Å²) >= 11 is 1.25. The van der Waals surface area contributed by atoms with Crippen molar-refractivity contribution in [2.75, 3.05) is 58.5 Å². The van der Waals surface area contributed by atoms with Crippen LogP contribution < -0.4 is 0 Å². The monoisotopic (exact) mass is 304 g/mol. The van der Waals surface area contributed by atoms with E-state index in [2.05, 4.69) is 4.74 Å². The highest BCUT2D eigenvalue weighted by atomic mass is 32.2. The van der Waals surface area contributed by atoms with E-state index in [-0.39, 0.29) is 29.9 Å². The Hall–Kier alpha value is -1.28. The standard InChI is InChI=1S/C12H20N2O5S/c1-13(7-12(17)18-2)10(15)8-20-9-11(16)14-3-5-19-6-4-14/h3-9H2,1-2H3. The van der Waals surface area contributed by atoms with Crippen LogP contribution in [0.1, 0.15) is 0 Å². The third kappa shape index (κ3) is 5.79. The van der Waals surface area contributed by atoms with Gasteiger partial charge in [0, 0.05) is 20.1 Å².